The molecule has 0 amide bonds. The maximum absolute atomic E-state index is 11.2. The summed E-state index contributed by atoms with van der Waals surface area (Å²) in [6, 6.07) is 44.0. The van der Waals surface area contributed by atoms with E-state index < -0.39 is 23.9 Å². The fourth-order valence-electron chi connectivity index (χ4n) is 11.8. The number of benzene rings is 5. The van der Waals surface area contributed by atoms with Crippen molar-refractivity contribution in [1.82, 2.24) is 39.9 Å². The number of hydrogen-bond donors (Lipinski definition) is 8. The molecule has 25 nitrogen and oxygen atoms in total. The number of carboxylic acids is 4. The van der Waals surface area contributed by atoms with Crippen molar-refractivity contribution in [3.05, 3.63) is 244 Å². The van der Waals surface area contributed by atoms with Crippen LogP contribution in [-0.2, 0) is 62.6 Å². The van der Waals surface area contributed by atoms with Gasteiger partial charge in [0, 0.05) is 62.1 Å². The Labute approximate surface area is 617 Å². The van der Waals surface area contributed by atoms with Crippen LogP contribution in [0.15, 0.2) is 194 Å². The quantitative estimate of drug-likeness (QED) is 0.0250. The summed E-state index contributed by atoms with van der Waals surface area (Å²) in [6.45, 7) is 16.5. The zero-order chi connectivity index (χ0) is 76.1. The molecule has 0 fully saturated rings. The molecule has 0 radical (unpaired) electrons. The molecule has 0 atom stereocenters. The molecule has 0 aliphatic rings. The number of aromatic nitrogens is 8. The van der Waals surface area contributed by atoms with Gasteiger partial charge in [-0.25, -0.2) is 54.3 Å². The average molecular weight is 1440 g/mol. The summed E-state index contributed by atoms with van der Waals surface area (Å²) in [4.78, 5) is 81.4. The molecule has 5 aromatic carbocycles. The van der Waals surface area contributed by atoms with Crippen LogP contribution >= 0.6 is 0 Å². The molecule has 0 saturated carbocycles. The van der Waals surface area contributed by atoms with Gasteiger partial charge in [-0.15, -0.1) is 0 Å². The summed E-state index contributed by atoms with van der Waals surface area (Å²) >= 11 is 0. The van der Waals surface area contributed by atoms with Crippen molar-refractivity contribution in [2.24, 2.45) is 0 Å². The number of nitrogens with zero attached hydrogens (tertiary/aromatic N) is 8. The van der Waals surface area contributed by atoms with Gasteiger partial charge in [-0.2, -0.15) is 0 Å². The van der Waals surface area contributed by atoms with E-state index in [9.17, 15) is 29.4 Å². The van der Waals surface area contributed by atoms with Crippen molar-refractivity contribution >= 4 is 80.7 Å². The minimum absolute atomic E-state index is 0.0105. The number of rotatable bonds is 26. The van der Waals surface area contributed by atoms with E-state index in [1.807, 2.05) is 86.6 Å². The summed E-state index contributed by atoms with van der Waals surface area (Å²) < 4.78 is 27.1. The van der Waals surface area contributed by atoms with Gasteiger partial charge in [-0.05, 0) is 195 Å². The van der Waals surface area contributed by atoms with Crippen LogP contribution in [0.3, 0.4) is 0 Å². The van der Waals surface area contributed by atoms with Crippen LogP contribution in [0.5, 0.6) is 5.75 Å². The number of furan rings is 4. The molecule has 13 aromatic rings. The first-order valence-corrected chi connectivity index (χ1v) is 35.0. The number of aromatic carboxylic acids is 3. The minimum Gasteiger partial charge on any atom is -0.495 e. The number of carbonyl (C=O) groups is 4. The number of carboxylic acid groups (broad SMARTS) is 4. The standard InChI is InChI=1S/C23H21N3O3.C20H21N3O4.C20H21N3O3.C19H19N3O3/c1-3-18-19(4-2)25-22(20-6-5-11-29-20)26-21(18)24-17-10-9-14-12-16(23(27)28)8-7-15(14)13-17;1-4-13-14(5-2)21-19(16-7-6-10-27-16)23-18(13)22-15-9-8-12(20(24)25)11-17(15)26-3;1-3-15-16(4-2)22-20(17-6-5-11-26-17)23-19(15)21-14-9-7-13(8-10-14)12-18(24)25;1-3-14-15(4-2)21-18(16-6-5-11-25-16)22-17(14)20-13-9-7-12(8-10-13)19(23)24/h5-13H,3-4H2,1-2H3,(H,27,28)(H,24,25,26);6-11H,4-5H2,1-3H3,(H,24,25)(H,21,22,23);5-11H,3-4,12H2,1-2H3,(H,24,25)(H,21,22,23);5-11H,3-4H2,1-2H3,(H,23,24)(H,20,21,22). The molecule has 0 unspecified atom stereocenters. The molecule has 0 saturated heterocycles. The molecule has 0 aliphatic heterocycles. The first-order valence-electron chi connectivity index (χ1n) is 35.0. The van der Waals surface area contributed by atoms with E-state index in [1.165, 1.54) is 19.2 Å². The van der Waals surface area contributed by atoms with E-state index in [0.29, 0.717) is 69.4 Å². The average Bonchev–Trinajstić information content (AvgIpc) is 1.45. The lowest BCUT2D eigenvalue weighted by atomic mass is 10.1. The number of anilines is 8. The Morgan fingerprint density at radius 3 is 1.03 bits per heavy atom. The summed E-state index contributed by atoms with van der Waals surface area (Å²) in [7, 11) is 1.50. The minimum atomic E-state index is -1.01. The molecule has 0 bridgehead atoms. The normalized spacial score (nSPS) is 10.7. The topological polar surface area (TPSA) is 362 Å². The lowest BCUT2D eigenvalue weighted by Crippen LogP contribution is -2.08. The van der Waals surface area contributed by atoms with Crippen LogP contribution < -0.4 is 26.0 Å². The van der Waals surface area contributed by atoms with Gasteiger partial charge in [-0.1, -0.05) is 79.7 Å². The number of methoxy groups -OCH3 is 1. The van der Waals surface area contributed by atoms with Gasteiger partial charge < -0.3 is 64.1 Å². The lowest BCUT2D eigenvalue weighted by Gasteiger charge is -2.16. The van der Waals surface area contributed by atoms with Gasteiger partial charge in [-0.3, -0.25) is 4.79 Å². The van der Waals surface area contributed by atoms with Crippen molar-refractivity contribution in [2.45, 2.75) is 113 Å². The number of fused-ring (bicyclic) bond motifs is 1. The van der Waals surface area contributed by atoms with Gasteiger partial charge in [0.1, 0.15) is 29.0 Å². The number of aryl methyl sites for hydroxylation is 4. The molecule has 107 heavy (non-hydrogen) atoms. The van der Waals surface area contributed by atoms with E-state index in [4.69, 9.17) is 37.6 Å². The van der Waals surface area contributed by atoms with Crippen molar-refractivity contribution < 1.29 is 62.0 Å². The van der Waals surface area contributed by atoms with Gasteiger partial charge in [0.2, 0.25) is 0 Å². The second-order valence-electron chi connectivity index (χ2n) is 24.0. The first kappa shape index (κ1) is 76.3. The highest BCUT2D eigenvalue weighted by molar-refractivity contribution is 5.96. The van der Waals surface area contributed by atoms with Crippen molar-refractivity contribution in [3.63, 3.8) is 0 Å². The third kappa shape index (κ3) is 19.1. The Hall–Kier alpha value is -13.3. The zero-order valence-electron chi connectivity index (χ0n) is 60.6. The third-order valence-corrected chi connectivity index (χ3v) is 17.1. The van der Waals surface area contributed by atoms with Gasteiger partial charge >= 0.3 is 23.9 Å². The van der Waals surface area contributed by atoms with Crippen molar-refractivity contribution in [2.75, 3.05) is 28.4 Å². The fraction of sp³-hybridized carbons (Fsp3) is 0.220. The van der Waals surface area contributed by atoms with Gasteiger partial charge in [0.25, 0.3) is 0 Å². The Balaban J connectivity index is 0.000000153. The van der Waals surface area contributed by atoms with Crippen LogP contribution in [0.4, 0.5) is 46.0 Å². The highest BCUT2D eigenvalue weighted by Gasteiger charge is 2.22. The van der Waals surface area contributed by atoms with E-state index in [-0.39, 0.29) is 23.1 Å². The largest absolute Gasteiger partial charge is 0.495 e. The number of hydrogen-bond acceptors (Lipinski definition) is 21. The van der Waals surface area contributed by atoms with Crippen molar-refractivity contribution in [1.29, 1.82) is 0 Å². The van der Waals surface area contributed by atoms with Crippen LogP contribution in [0.25, 0.3) is 57.1 Å². The highest BCUT2D eigenvalue weighted by Crippen LogP contribution is 2.35. The maximum atomic E-state index is 11.2. The fourth-order valence-corrected chi connectivity index (χ4v) is 11.8. The number of ether oxygens (including phenoxy) is 1. The van der Waals surface area contributed by atoms with E-state index in [2.05, 4.69) is 97.7 Å². The van der Waals surface area contributed by atoms with E-state index in [1.54, 1.807) is 91.8 Å². The second kappa shape index (κ2) is 36.2. The van der Waals surface area contributed by atoms with Gasteiger partial charge in [0.15, 0.2) is 46.3 Å². The Morgan fingerprint density at radius 1 is 0.355 bits per heavy atom. The molecule has 548 valence electrons. The Morgan fingerprint density at radius 2 is 0.682 bits per heavy atom. The SMILES string of the molecule is CCc1nc(-c2ccco2)nc(Nc2ccc(C(=O)O)cc2)c1CC.CCc1nc(-c2ccco2)nc(Nc2ccc(C(=O)O)cc2OC)c1CC.CCc1nc(-c2ccco2)nc(Nc2ccc(CC(=O)O)cc2)c1CC.CCc1nc(-c2ccco2)nc(Nc2ccc3cc(C(=O)O)ccc3c2)c1CC. The van der Waals surface area contributed by atoms with Crippen LogP contribution in [0.1, 0.15) is 137 Å². The monoisotopic (exact) mass is 1440 g/mol. The van der Waals surface area contributed by atoms with Gasteiger partial charge in [0.05, 0.1) is 61.0 Å². The third-order valence-electron chi connectivity index (χ3n) is 17.1. The lowest BCUT2D eigenvalue weighted by molar-refractivity contribution is -0.136. The molecule has 25 heteroatoms. The number of nitrogens with one attached hydrogen (secondary N) is 4. The molecule has 0 spiro atoms. The smallest absolute Gasteiger partial charge is 0.335 e. The van der Waals surface area contributed by atoms with Crippen molar-refractivity contribution in [3.8, 4) is 52.1 Å². The second-order valence-corrected chi connectivity index (χ2v) is 24.0. The summed E-state index contributed by atoms with van der Waals surface area (Å²) in [5.74, 6) is 4.15. The molecule has 13 rings (SSSR count). The molecular formula is C82H82N12O13. The molecule has 8 N–H and O–H groups in total. The predicted octanol–water partition coefficient (Wildman–Crippen LogP) is 18.3. The van der Waals surface area contributed by atoms with Crippen LogP contribution in [0.2, 0.25) is 0 Å². The summed E-state index contributed by atoms with van der Waals surface area (Å²) in [5.41, 5.74) is 12.6. The molecule has 8 aromatic heterocycles. The Bertz CT molecular complexity index is 5180. The predicted molar refractivity (Wildman–Crippen MR) is 409 cm³/mol. The zero-order valence-corrected chi connectivity index (χ0v) is 60.6. The molecule has 0 aliphatic carbocycles. The van der Waals surface area contributed by atoms with E-state index >= 15 is 0 Å². The molecule has 8 heterocycles. The summed E-state index contributed by atoms with van der Waals surface area (Å²) in [5, 5.41) is 51.4. The first-order chi connectivity index (χ1) is 51.9. The number of aliphatic carboxylic acids is 1. The summed E-state index contributed by atoms with van der Waals surface area (Å²) in [6.07, 6.45) is 12.7. The molecular weight excluding hydrogens is 1360 g/mol. The Kier molecular flexibility index (Phi) is 25.8. The van der Waals surface area contributed by atoms with E-state index in [0.717, 1.165) is 141 Å². The maximum Gasteiger partial charge on any atom is 0.335 e. The van der Waals surface area contributed by atoms with Crippen LogP contribution in [0, 0.1) is 0 Å². The highest BCUT2D eigenvalue weighted by atomic mass is 16.5. The van der Waals surface area contributed by atoms with Crippen LogP contribution in [-0.4, -0.2) is 91.3 Å².